The SMILES string of the molecule is CN(C(=O)OC(C)(C)C)c1sc(Br)nc1C(=O)O. The van der Waals surface area contributed by atoms with Gasteiger partial charge in [-0.15, -0.1) is 0 Å². The first kappa shape index (κ1) is 14.9. The molecule has 1 aromatic rings. The fourth-order valence-electron chi connectivity index (χ4n) is 1.07. The number of carbonyl (C=O) groups is 2. The van der Waals surface area contributed by atoms with E-state index in [-0.39, 0.29) is 10.7 Å². The summed E-state index contributed by atoms with van der Waals surface area (Å²) in [6.07, 6.45) is -0.624. The molecule has 0 saturated carbocycles. The number of aromatic nitrogens is 1. The fourth-order valence-corrected chi connectivity index (χ4v) is 2.44. The molecule has 0 aliphatic carbocycles. The van der Waals surface area contributed by atoms with E-state index in [1.807, 2.05) is 0 Å². The van der Waals surface area contributed by atoms with Crippen molar-refractivity contribution in [3.63, 3.8) is 0 Å². The molecule has 0 saturated heterocycles. The highest BCUT2D eigenvalue weighted by atomic mass is 79.9. The third-order valence-corrected chi connectivity index (χ3v) is 3.34. The van der Waals surface area contributed by atoms with Crippen molar-refractivity contribution in [1.82, 2.24) is 4.98 Å². The molecule has 8 heteroatoms. The van der Waals surface area contributed by atoms with Crippen molar-refractivity contribution in [2.45, 2.75) is 26.4 Å². The highest BCUT2D eigenvalue weighted by molar-refractivity contribution is 9.11. The predicted octanol–water partition coefficient (Wildman–Crippen LogP) is 2.98. The lowest BCUT2D eigenvalue weighted by molar-refractivity contribution is 0.0590. The summed E-state index contributed by atoms with van der Waals surface area (Å²) in [7, 11) is 1.44. The minimum absolute atomic E-state index is 0.180. The lowest BCUT2D eigenvalue weighted by Gasteiger charge is -2.23. The number of aromatic carboxylic acids is 1. The van der Waals surface area contributed by atoms with Crippen molar-refractivity contribution in [2.24, 2.45) is 0 Å². The Labute approximate surface area is 117 Å². The molecule has 1 heterocycles. The lowest BCUT2D eigenvalue weighted by atomic mass is 10.2. The monoisotopic (exact) mass is 336 g/mol. The number of rotatable bonds is 2. The molecule has 1 amide bonds. The second kappa shape index (κ2) is 5.23. The third kappa shape index (κ3) is 3.67. The number of anilines is 1. The summed E-state index contributed by atoms with van der Waals surface area (Å²) in [5.41, 5.74) is -0.823. The van der Waals surface area contributed by atoms with Crippen LogP contribution in [0.5, 0.6) is 0 Å². The molecule has 0 fully saturated rings. The first-order valence-corrected chi connectivity index (χ1v) is 6.59. The molecule has 1 aromatic heterocycles. The van der Waals surface area contributed by atoms with E-state index in [0.717, 1.165) is 16.2 Å². The molecular weight excluding hydrogens is 324 g/mol. The van der Waals surface area contributed by atoms with Gasteiger partial charge in [0.05, 0.1) is 0 Å². The van der Waals surface area contributed by atoms with Crippen LogP contribution in [0, 0.1) is 0 Å². The third-order valence-electron chi connectivity index (χ3n) is 1.76. The minimum Gasteiger partial charge on any atom is -0.476 e. The Kier molecular flexibility index (Phi) is 4.33. The van der Waals surface area contributed by atoms with E-state index >= 15 is 0 Å². The highest BCUT2D eigenvalue weighted by Gasteiger charge is 2.26. The van der Waals surface area contributed by atoms with Crippen LogP contribution in [0.25, 0.3) is 0 Å². The Balaban J connectivity index is 3.00. The molecule has 0 aliphatic rings. The molecule has 0 aliphatic heterocycles. The van der Waals surface area contributed by atoms with Crippen LogP contribution in [-0.4, -0.2) is 34.8 Å². The second-order valence-corrected chi connectivity index (χ2v) is 6.72. The van der Waals surface area contributed by atoms with E-state index in [0.29, 0.717) is 3.92 Å². The first-order valence-electron chi connectivity index (χ1n) is 4.98. The van der Waals surface area contributed by atoms with Crippen LogP contribution in [0.4, 0.5) is 9.80 Å². The summed E-state index contributed by atoms with van der Waals surface area (Å²) in [6, 6.07) is 0. The highest BCUT2D eigenvalue weighted by Crippen LogP contribution is 2.32. The average Bonchev–Trinajstić information content (AvgIpc) is 2.56. The summed E-state index contributed by atoms with van der Waals surface area (Å²) >= 11 is 4.15. The summed E-state index contributed by atoms with van der Waals surface area (Å²) < 4.78 is 5.55. The minimum atomic E-state index is -1.19. The number of nitrogens with zero attached hydrogens (tertiary/aromatic N) is 2. The molecule has 18 heavy (non-hydrogen) atoms. The molecule has 100 valence electrons. The molecule has 6 nitrogen and oxygen atoms in total. The smallest absolute Gasteiger partial charge is 0.415 e. The van der Waals surface area contributed by atoms with Gasteiger partial charge < -0.3 is 9.84 Å². The zero-order valence-corrected chi connectivity index (χ0v) is 12.8. The van der Waals surface area contributed by atoms with Gasteiger partial charge in [-0.1, -0.05) is 11.3 Å². The van der Waals surface area contributed by atoms with E-state index in [9.17, 15) is 9.59 Å². The van der Waals surface area contributed by atoms with Gasteiger partial charge in [-0.05, 0) is 36.7 Å². The van der Waals surface area contributed by atoms with Crippen molar-refractivity contribution in [1.29, 1.82) is 0 Å². The second-order valence-electron chi connectivity index (χ2n) is 4.47. The Morgan fingerprint density at radius 3 is 2.44 bits per heavy atom. The van der Waals surface area contributed by atoms with Crippen LogP contribution in [0.15, 0.2) is 3.92 Å². The van der Waals surface area contributed by atoms with Gasteiger partial charge in [0, 0.05) is 7.05 Å². The Bertz CT molecular complexity index is 481. The van der Waals surface area contributed by atoms with E-state index in [1.165, 1.54) is 7.05 Å². The van der Waals surface area contributed by atoms with Crippen LogP contribution < -0.4 is 4.90 Å². The number of halogens is 1. The topological polar surface area (TPSA) is 79.7 Å². The Morgan fingerprint density at radius 1 is 1.44 bits per heavy atom. The van der Waals surface area contributed by atoms with Gasteiger partial charge in [0.25, 0.3) is 0 Å². The standard InChI is InChI=1S/C10H13BrN2O4S/c1-10(2,3)17-9(16)13(4)6-5(7(14)15)12-8(11)18-6/h1-4H3,(H,14,15). The van der Waals surface area contributed by atoms with Crippen molar-refractivity contribution >= 4 is 44.3 Å². The number of carbonyl (C=O) groups excluding carboxylic acids is 1. The predicted molar refractivity (Wildman–Crippen MR) is 71.4 cm³/mol. The van der Waals surface area contributed by atoms with Gasteiger partial charge >= 0.3 is 12.1 Å². The van der Waals surface area contributed by atoms with Crippen LogP contribution in [-0.2, 0) is 4.74 Å². The largest absolute Gasteiger partial charge is 0.476 e. The Hall–Kier alpha value is -1.15. The fraction of sp³-hybridized carbons (Fsp3) is 0.500. The number of hydrogen-bond donors (Lipinski definition) is 1. The van der Waals surface area contributed by atoms with Crippen LogP contribution in [0.1, 0.15) is 31.3 Å². The van der Waals surface area contributed by atoms with E-state index < -0.39 is 17.7 Å². The van der Waals surface area contributed by atoms with Crippen molar-refractivity contribution < 1.29 is 19.4 Å². The maximum Gasteiger partial charge on any atom is 0.415 e. The summed E-state index contributed by atoms with van der Waals surface area (Å²) in [6.45, 7) is 5.21. The molecular formula is C10H13BrN2O4S. The van der Waals surface area contributed by atoms with Crippen LogP contribution >= 0.6 is 27.3 Å². The van der Waals surface area contributed by atoms with Crippen molar-refractivity contribution in [3.05, 3.63) is 9.61 Å². The zero-order valence-electron chi connectivity index (χ0n) is 10.4. The molecule has 0 atom stereocenters. The van der Waals surface area contributed by atoms with Gasteiger partial charge in [-0.3, -0.25) is 4.90 Å². The maximum atomic E-state index is 11.8. The van der Waals surface area contributed by atoms with Gasteiger partial charge in [-0.25, -0.2) is 14.6 Å². The molecule has 0 bridgehead atoms. The summed E-state index contributed by atoms with van der Waals surface area (Å²) in [4.78, 5) is 27.7. The molecule has 0 aromatic carbocycles. The number of ether oxygens (including phenoxy) is 1. The molecule has 0 radical (unpaired) electrons. The summed E-state index contributed by atoms with van der Waals surface area (Å²) in [5, 5.41) is 9.21. The molecule has 1 N–H and O–H groups in total. The lowest BCUT2D eigenvalue weighted by Crippen LogP contribution is -2.34. The number of amides is 1. The van der Waals surface area contributed by atoms with Gasteiger partial charge in [0.1, 0.15) is 10.6 Å². The van der Waals surface area contributed by atoms with Crippen molar-refractivity contribution in [3.8, 4) is 0 Å². The van der Waals surface area contributed by atoms with Gasteiger partial charge in [-0.2, -0.15) is 0 Å². The van der Waals surface area contributed by atoms with E-state index in [2.05, 4.69) is 20.9 Å². The summed E-state index contributed by atoms with van der Waals surface area (Å²) in [5.74, 6) is -1.19. The van der Waals surface area contributed by atoms with E-state index in [1.54, 1.807) is 20.8 Å². The van der Waals surface area contributed by atoms with Crippen LogP contribution in [0.3, 0.4) is 0 Å². The molecule has 0 unspecified atom stereocenters. The Morgan fingerprint density at radius 2 is 2.00 bits per heavy atom. The normalized spacial score (nSPS) is 11.2. The van der Waals surface area contributed by atoms with E-state index in [4.69, 9.17) is 9.84 Å². The van der Waals surface area contributed by atoms with Gasteiger partial charge in [0.2, 0.25) is 0 Å². The maximum absolute atomic E-state index is 11.8. The van der Waals surface area contributed by atoms with Gasteiger partial charge in [0.15, 0.2) is 9.61 Å². The first-order chi connectivity index (χ1) is 8.11. The number of thiazole rings is 1. The van der Waals surface area contributed by atoms with Crippen LogP contribution in [0.2, 0.25) is 0 Å². The quantitative estimate of drug-likeness (QED) is 0.897. The molecule has 1 rings (SSSR count). The number of carboxylic acid groups (broad SMARTS) is 1. The molecule has 0 spiro atoms. The van der Waals surface area contributed by atoms with Crippen molar-refractivity contribution in [2.75, 3.05) is 11.9 Å². The number of hydrogen-bond acceptors (Lipinski definition) is 5. The average molecular weight is 337 g/mol. The number of carboxylic acids is 1. The zero-order chi connectivity index (χ0) is 14.1.